The molecule has 6 nitrogen and oxygen atoms in total. The van der Waals surface area contributed by atoms with Crippen LogP contribution in [0.2, 0.25) is 5.02 Å². The molecule has 33 heavy (non-hydrogen) atoms. The number of hydrogen-bond donors (Lipinski definition) is 0. The number of hydrogen-bond acceptors (Lipinski definition) is 5. The van der Waals surface area contributed by atoms with Gasteiger partial charge in [0.05, 0.1) is 29.7 Å². The summed E-state index contributed by atoms with van der Waals surface area (Å²) >= 11 is 6.30. The lowest BCUT2D eigenvalue weighted by Crippen LogP contribution is -2.31. The third kappa shape index (κ3) is 4.50. The Morgan fingerprint density at radius 1 is 1.18 bits per heavy atom. The van der Waals surface area contributed by atoms with E-state index in [1.807, 2.05) is 52.0 Å². The molecule has 0 saturated carbocycles. The van der Waals surface area contributed by atoms with Gasteiger partial charge >= 0.3 is 0 Å². The van der Waals surface area contributed by atoms with Crippen LogP contribution < -0.4 is 10.2 Å². The second-order valence-corrected chi connectivity index (χ2v) is 8.86. The van der Waals surface area contributed by atoms with Crippen molar-refractivity contribution < 1.29 is 18.7 Å². The zero-order valence-corrected chi connectivity index (χ0v) is 20.1. The van der Waals surface area contributed by atoms with Gasteiger partial charge in [0.25, 0.3) is 5.91 Å². The molecule has 0 bridgehead atoms. The molecule has 174 valence electrons. The second-order valence-electron chi connectivity index (χ2n) is 8.45. The topological polar surface area (TPSA) is 69.0 Å². The quantitative estimate of drug-likeness (QED) is 0.406. The first-order chi connectivity index (χ1) is 15.8. The fourth-order valence-electron chi connectivity index (χ4n) is 4.21. The van der Waals surface area contributed by atoms with Gasteiger partial charge in [0, 0.05) is 18.2 Å². The predicted molar refractivity (Wildman–Crippen MR) is 128 cm³/mol. The molecule has 3 aromatic rings. The van der Waals surface area contributed by atoms with Crippen LogP contribution in [0.4, 0.5) is 0 Å². The molecule has 7 heteroatoms. The van der Waals surface area contributed by atoms with Crippen LogP contribution in [0.1, 0.15) is 60.5 Å². The van der Waals surface area contributed by atoms with Gasteiger partial charge in [-0.05, 0) is 69.5 Å². The number of halogens is 1. The fraction of sp³-hybridized carbons (Fsp3) is 0.385. The Morgan fingerprint density at radius 3 is 2.70 bits per heavy atom. The van der Waals surface area contributed by atoms with Crippen LogP contribution in [0.25, 0.3) is 11.0 Å². The third-order valence-electron chi connectivity index (χ3n) is 5.73. The Kier molecular flexibility index (Phi) is 6.77. The minimum Gasteiger partial charge on any atom is -0.494 e. The van der Waals surface area contributed by atoms with Crippen molar-refractivity contribution in [2.75, 3.05) is 19.8 Å². The molecule has 1 unspecified atom stereocenters. The van der Waals surface area contributed by atoms with Gasteiger partial charge in [-0.25, -0.2) is 0 Å². The Labute approximate surface area is 198 Å². The fourth-order valence-corrected chi connectivity index (χ4v) is 4.38. The summed E-state index contributed by atoms with van der Waals surface area (Å²) in [4.78, 5) is 28.8. The number of carbonyl (C=O) groups excluding carboxylic acids is 1. The number of benzene rings is 2. The molecule has 0 radical (unpaired) electrons. The van der Waals surface area contributed by atoms with Crippen molar-refractivity contribution in [3.63, 3.8) is 0 Å². The molecular formula is C26H28ClNO5. The molecule has 1 aliphatic heterocycles. The van der Waals surface area contributed by atoms with E-state index in [-0.39, 0.29) is 23.2 Å². The van der Waals surface area contributed by atoms with Crippen LogP contribution in [0, 0.1) is 6.92 Å². The van der Waals surface area contributed by atoms with Crippen LogP contribution in [0.15, 0.2) is 45.6 Å². The lowest BCUT2D eigenvalue weighted by Gasteiger charge is -2.25. The van der Waals surface area contributed by atoms with Crippen LogP contribution in [-0.4, -0.2) is 36.7 Å². The Morgan fingerprint density at radius 2 is 1.97 bits per heavy atom. The highest BCUT2D eigenvalue weighted by atomic mass is 35.5. The first-order valence-electron chi connectivity index (χ1n) is 11.2. The van der Waals surface area contributed by atoms with Crippen molar-refractivity contribution >= 4 is 28.5 Å². The minimum absolute atomic E-state index is 0.0887. The molecule has 0 fully saturated rings. The van der Waals surface area contributed by atoms with Gasteiger partial charge in [-0.3, -0.25) is 9.59 Å². The summed E-state index contributed by atoms with van der Waals surface area (Å²) in [5.41, 5.74) is 2.03. The molecule has 0 N–H and O–H groups in total. The van der Waals surface area contributed by atoms with Gasteiger partial charge in [-0.2, -0.15) is 0 Å². The van der Waals surface area contributed by atoms with Crippen molar-refractivity contribution in [2.24, 2.45) is 0 Å². The van der Waals surface area contributed by atoms with Crippen LogP contribution >= 0.6 is 11.6 Å². The van der Waals surface area contributed by atoms with E-state index in [0.29, 0.717) is 53.5 Å². The minimum atomic E-state index is -0.576. The van der Waals surface area contributed by atoms with E-state index in [1.54, 1.807) is 17.0 Å². The van der Waals surface area contributed by atoms with E-state index in [2.05, 4.69) is 0 Å². The maximum Gasteiger partial charge on any atom is 0.290 e. The first-order valence-corrected chi connectivity index (χ1v) is 11.6. The standard InChI is InChI=1S/C26H28ClNO5/c1-5-31-18-9-6-8-17(13-18)23-22-24(29)19-14-20(27)16(4)12-21(19)33-25(22)26(30)28(23)10-7-11-32-15(2)3/h6,8-9,12-15,23H,5,7,10-11H2,1-4H3. The molecule has 4 rings (SSSR count). The first kappa shape index (κ1) is 23.3. The number of ether oxygens (including phenoxy) is 2. The van der Waals surface area contributed by atoms with Crippen LogP contribution in [0.3, 0.4) is 0 Å². The predicted octanol–water partition coefficient (Wildman–Crippen LogP) is 5.51. The number of fused-ring (bicyclic) bond motifs is 2. The monoisotopic (exact) mass is 469 g/mol. The molecule has 0 spiro atoms. The van der Waals surface area contributed by atoms with Crippen molar-refractivity contribution in [3.8, 4) is 5.75 Å². The van der Waals surface area contributed by atoms with E-state index < -0.39 is 6.04 Å². The van der Waals surface area contributed by atoms with E-state index in [0.717, 1.165) is 11.1 Å². The highest BCUT2D eigenvalue weighted by Crippen LogP contribution is 2.39. The number of nitrogens with zero attached hydrogens (tertiary/aromatic N) is 1. The van der Waals surface area contributed by atoms with E-state index in [4.69, 9.17) is 25.5 Å². The Balaban J connectivity index is 1.84. The largest absolute Gasteiger partial charge is 0.494 e. The van der Waals surface area contributed by atoms with Gasteiger partial charge in [0.15, 0.2) is 5.43 Å². The number of carbonyl (C=O) groups is 1. The molecule has 1 amide bonds. The average molecular weight is 470 g/mol. The summed E-state index contributed by atoms with van der Waals surface area (Å²) in [5, 5.41) is 0.852. The molecule has 2 heterocycles. The second kappa shape index (κ2) is 9.57. The third-order valence-corrected chi connectivity index (χ3v) is 6.13. The zero-order chi connectivity index (χ0) is 23.7. The smallest absolute Gasteiger partial charge is 0.290 e. The van der Waals surface area contributed by atoms with Crippen molar-refractivity contribution in [3.05, 3.63) is 74.1 Å². The summed E-state index contributed by atoms with van der Waals surface area (Å²) in [6.07, 6.45) is 0.745. The Hall–Kier alpha value is -2.83. The normalized spacial score (nSPS) is 15.5. The molecule has 1 aliphatic rings. The highest BCUT2D eigenvalue weighted by molar-refractivity contribution is 6.32. The number of amides is 1. The average Bonchev–Trinajstić information content (AvgIpc) is 3.05. The summed E-state index contributed by atoms with van der Waals surface area (Å²) in [6.45, 7) is 9.15. The van der Waals surface area contributed by atoms with Crippen molar-refractivity contribution in [1.29, 1.82) is 0 Å². The van der Waals surface area contributed by atoms with Crippen molar-refractivity contribution in [2.45, 2.75) is 46.3 Å². The molecule has 0 saturated heterocycles. The summed E-state index contributed by atoms with van der Waals surface area (Å²) < 4.78 is 17.4. The van der Waals surface area contributed by atoms with E-state index in [1.165, 1.54) is 0 Å². The maximum absolute atomic E-state index is 13.6. The zero-order valence-electron chi connectivity index (χ0n) is 19.3. The van der Waals surface area contributed by atoms with Crippen LogP contribution in [0.5, 0.6) is 5.75 Å². The van der Waals surface area contributed by atoms with E-state index in [9.17, 15) is 9.59 Å². The summed E-state index contributed by atoms with van der Waals surface area (Å²) in [5.74, 6) is 0.474. The SMILES string of the molecule is CCOc1cccc(C2c3c(oc4cc(C)c(Cl)cc4c3=O)C(=O)N2CCCOC(C)C)c1. The van der Waals surface area contributed by atoms with Gasteiger partial charge < -0.3 is 18.8 Å². The van der Waals surface area contributed by atoms with Gasteiger partial charge in [0.2, 0.25) is 5.76 Å². The summed E-state index contributed by atoms with van der Waals surface area (Å²) in [6, 6.07) is 10.3. The number of aryl methyl sites for hydroxylation is 1. The van der Waals surface area contributed by atoms with Gasteiger partial charge in [-0.1, -0.05) is 23.7 Å². The maximum atomic E-state index is 13.6. The molecular weight excluding hydrogens is 442 g/mol. The van der Waals surface area contributed by atoms with Crippen molar-refractivity contribution in [1.82, 2.24) is 4.90 Å². The van der Waals surface area contributed by atoms with Gasteiger partial charge in [-0.15, -0.1) is 0 Å². The molecule has 1 atom stereocenters. The number of rotatable bonds is 8. The molecule has 0 aliphatic carbocycles. The molecule has 2 aromatic carbocycles. The lowest BCUT2D eigenvalue weighted by atomic mass is 9.98. The Bertz CT molecular complexity index is 1250. The van der Waals surface area contributed by atoms with E-state index >= 15 is 0 Å². The van der Waals surface area contributed by atoms with Gasteiger partial charge in [0.1, 0.15) is 11.3 Å². The van der Waals surface area contributed by atoms with Crippen LogP contribution in [-0.2, 0) is 4.74 Å². The highest BCUT2D eigenvalue weighted by Gasteiger charge is 2.42. The summed E-state index contributed by atoms with van der Waals surface area (Å²) in [7, 11) is 0. The molecule has 1 aromatic heterocycles. The lowest BCUT2D eigenvalue weighted by molar-refractivity contribution is 0.0593.